The van der Waals surface area contributed by atoms with E-state index in [1.54, 1.807) is 9.42 Å². The number of aromatic nitrogens is 4. The summed E-state index contributed by atoms with van der Waals surface area (Å²) < 4.78 is 1.64. The van der Waals surface area contributed by atoms with Gasteiger partial charge in [-0.2, -0.15) is 9.50 Å². The molecule has 0 unspecified atom stereocenters. The number of anilines is 2. The van der Waals surface area contributed by atoms with Gasteiger partial charge in [-0.05, 0) is 43.5 Å². The highest BCUT2D eigenvalue weighted by atomic mass is 16.2. The molecule has 0 spiro atoms. The van der Waals surface area contributed by atoms with Crippen LogP contribution in [0.4, 0.5) is 11.6 Å². The summed E-state index contributed by atoms with van der Waals surface area (Å²) in [6, 6.07) is 8.23. The molecular weight excluding hydrogens is 354 g/mol. The van der Waals surface area contributed by atoms with Crippen LogP contribution in [-0.2, 0) is 17.8 Å². The number of rotatable bonds is 6. The third kappa shape index (κ3) is 4.05. The Balaban J connectivity index is 1.65. The van der Waals surface area contributed by atoms with Gasteiger partial charge in [0.2, 0.25) is 11.9 Å². The van der Waals surface area contributed by atoms with Crippen molar-refractivity contribution in [3.05, 3.63) is 46.8 Å². The molecule has 3 aromatic rings. The van der Waals surface area contributed by atoms with E-state index in [0.29, 0.717) is 25.2 Å². The molecule has 148 valence electrons. The number of hydrogen-bond acceptors (Lipinski definition) is 6. The van der Waals surface area contributed by atoms with Crippen molar-refractivity contribution in [2.45, 2.75) is 33.2 Å². The first-order valence-electron chi connectivity index (χ1n) is 9.25. The summed E-state index contributed by atoms with van der Waals surface area (Å²) in [5, 5.41) is 4.17. The van der Waals surface area contributed by atoms with E-state index in [0.717, 1.165) is 28.2 Å². The first-order valence-corrected chi connectivity index (χ1v) is 9.25. The fourth-order valence-electron chi connectivity index (χ4n) is 3.27. The Labute approximate surface area is 165 Å². The summed E-state index contributed by atoms with van der Waals surface area (Å²) in [6.07, 6.45) is 1.01. The SMILES string of the molecule is Cc1nc2nc(N)nn2c(C)c1CCC(=O)N(C)Cc1ccc(N(C)C)cc1. The second kappa shape index (κ2) is 7.84. The highest BCUT2D eigenvalue weighted by molar-refractivity contribution is 5.76. The smallest absolute Gasteiger partial charge is 0.254 e. The molecular formula is C20H27N7O. The molecule has 0 saturated heterocycles. The van der Waals surface area contributed by atoms with Crippen LogP contribution in [0, 0.1) is 13.8 Å². The lowest BCUT2D eigenvalue weighted by Gasteiger charge is -2.19. The number of carbonyl (C=O) groups excluding carboxylic acids is 1. The van der Waals surface area contributed by atoms with E-state index in [-0.39, 0.29) is 11.9 Å². The maximum Gasteiger partial charge on any atom is 0.254 e. The van der Waals surface area contributed by atoms with Gasteiger partial charge in [0, 0.05) is 51.2 Å². The van der Waals surface area contributed by atoms with E-state index in [9.17, 15) is 4.79 Å². The number of nitrogens with zero attached hydrogens (tertiary/aromatic N) is 6. The van der Waals surface area contributed by atoms with Gasteiger partial charge < -0.3 is 15.5 Å². The Morgan fingerprint density at radius 2 is 1.79 bits per heavy atom. The van der Waals surface area contributed by atoms with Crippen molar-refractivity contribution in [2.24, 2.45) is 0 Å². The second-order valence-corrected chi connectivity index (χ2v) is 7.25. The first-order chi connectivity index (χ1) is 13.3. The molecule has 8 heteroatoms. The third-order valence-corrected chi connectivity index (χ3v) is 4.95. The maximum atomic E-state index is 12.6. The predicted octanol–water partition coefficient (Wildman–Crippen LogP) is 1.98. The third-order valence-electron chi connectivity index (χ3n) is 4.95. The fraction of sp³-hybridized carbons (Fsp3) is 0.400. The molecule has 0 aliphatic carbocycles. The normalized spacial score (nSPS) is 11.0. The molecule has 0 aliphatic heterocycles. The molecule has 2 heterocycles. The van der Waals surface area contributed by atoms with Gasteiger partial charge in [-0.1, -0.05) is 12.1 Å². The second-order valence-electron chi connectivity index (χ2n) is 7.25. The Kier molecular flexibility index (Phi) is 5.48. The fourth-order valence-corrected chi connectivity index (χ4v) is 3.27. The van der Waals surface area contributed by atoms with E-state index in [2.05, 4.69) is 44.2 Å². The molecule has 0 aliphatic rings. The number of benzene rings is 1. The van der Waals surface area contributed by atoms with Crippen molar-refractivity contribution in [3.8, 4) is 0 Å². The van der Waals surface area contributed by atoms with Crippen molar-refractivity contribution in [3.63, 3.8) is 0 Å². The molecule has 0 atom stereocenters. The van der Waals surface area contributed by atoms with Crippen LogP contribution in [0.1, 0.15) is 28.9 Å². The summed E-state index contributed by atoms with van der Waals surface area (Å²) in [7, 11) is 5.85. The van der Waals surface area contributed by atoms with Gasteiger partial charge in [0.15, 0.2) is 0 Å². The maximum absolute atomic E-state index is 12.6. The molecule has 2 aromatic heterocycles. The van der Waals surface area contributed by atoms with E-state index in [1.165, 1.54) is 0 Å². The van der Waals surface area contributed by atoms with Crippen molar-refractivity contribution < 1.29 is 4.79 Å². The van der Waals surface area contributed by atoms with Crippen LogP contribution in [0.25, 0.3) is 5.78 Å². The van der Waals surface area contributed by atoms with Crippen LogP contribution in [0.15, 0.2) is 24.3 Å². The summed E-state index contributed by atoms with van der Waals surface area (Å²) in [6.45, 7) is 4.46. The van der Waals surface area contributed by atoms with E-state index < -0.39 is 0 Å². The zero-order valence-electron chi connectivity index (χ0n) is 17.1. The summed E-state index contributed by atoms with van der Waals surface area (Å²) in [5.41, 5.74) is 10.7. The van der Waals surface area contributed by atoms with Gasteiger partial charge in [0.1, 0.15) is 0 Å². The van der Waals surface area contributed by atoms with Crippen LogP contribution < -0.4 is 10.6 Å². The molecule has 0 saturated carbocycles. The minimum Gasteiger partial charge on any atom is -0.378 e. The minimum atomic E-state index is 0.0914. The average molecular weight is 381 g/mol. The highest BCUT2D eigenvalue weighted by Crippen LogP contribution is 2.17. The van der Waals surface area contributed by atoms with E-state index >= 15 is 0 Å². The number of amides is 1. The molecule has 28 heavy (non-hydrogen) atoms. The van der Waals surface area contributed by atoms with E-state index in [4.69, 9.17) is 5.73 Å². The molecule has 0 bridgehead atoms. The molecule has 0 fully saturated rings. The van der Waals surface area contributed by atoms with Crippen LogP contribution in [0.3, 0.4) is 0 Å². The minimum absolute atomic E-state index is 0.0914. The molecule has 0 radical (unpaired) electrons. The zero-order chi connectivity index (χ0) is 20.4. The summed E-state index contributed by atoms with van der Waals surface area (Å²) >= 11 is 0. The number of hydrogen-bond donors (Lipinski definition) is 1. The molecule has 2 N–H and O–H groups in total. The standard InChI is InChI=1S/C20H27N7O/c1-13-17(14(2)27-20(22-13)23-19(21)24-27)10-11-18(28)26(5)12-15-6-8-16(9-7-15)25(3)4/h6-9H,10-12H2,1-5H3,(H2,21,24). The van der Waals surface area contributed by atoms with Crippen molar-refractivity contribution in [2.75, 3.05) is 31.8 Å². The van der Waals surface area contributed by atoms with Crippen LogP contribution >= 0.6 is 0 Å². The van der Waals surface area contributed by atoms with Crippen molar-refractivity contribution in [1.29, 1.82) is 0 Å². The quantitative estimate of drug-likeness (QED) is 0.702. The number of aryl methyl sites for hydroxylation is 2. The van der Waals surface area contributed by atoms with Crippen LogP contribution in [-0.4, -0.2) is 51.5 Å². The Hall–Kier alpha value is -3.16. The molecule has 1 amide bonds. The lowest BCUT2D eigenvalue weighted by molar-refractivity contribution is -0.130. The van der Waals surface area contributed by atoms with Gasteiger partial charge in [-0.25, -0.2) is 4.98 Å². The molecule has 8 nitrogen and oxygen atoms in total. The Morgan fingerprint density at radius 1 is 1.11 bits per heavy atom. The lowest BCUT2D eigenvalue weighted by Crippen LogP contribution is -2.26. The monoisotopic (exact) mass is 381 g/mol. The van der Waals surface area contributed by atoms with Crippen LogP contribution in [0.5, 0.6) is 0 Å². The largest absolute Gasteiger partial charge is 0.378 e. The van der Waals surface area contributed by atoms with Gasteiger partial charge in [0.25, 0.3) is 5.78 Å². The zero-order valence-corrected chi connectivity index (χ0v) is 17.1. The summed E-state index contributed by atoms with van der Waals surface area (Å²) in [5.74, 6) is 0.776. The Bertz CT molecular complexity index is 992. The predicted molar refractivity (Wildman–Crippen MR) is 110 cm³/mol. The molecule has 1 aromatic carbocycles. The summed E-state index contributed by atoms with van der Waals surface area (Å²) in [4.78, 5) is 25.0. The number of fused-ring (bicyclic) bond motifs is 1. The van der Waals surface area contributed by atoms with Crippen LogP contribution in [0.2, 0.25) is 0 Å². The van der Waals surface area contributed by atoms with E-state index in [1.807, 2.05) is 35.0 Å². The highest BCUT2D eigenvalue weighted by Gasteiger charge is 2.15. The number of nitrogen functional groups attached to an aromatic ring is 1. The number of nitrogens with two attached hydrogens (primary N) is 1. The first kappa shape index (κ1) is 19.6. The van der Waals surface area contributed by atoms with Gasteiger partial charge in [-0.15, -0.1) is 5.10 Å². The van der Waals surface area contributed by atoms with Crippen molar-refractivity contribution in [1.82, 2.24) is 24.5 Å². The lowest BCUT2D eigenvalue weighted by atomic mass is 10.1. The Morgan fingerprint density at radius 3 is 2.43 bits per heavy atom. The van der Waals surface area contributed by atoms with Gasteiger partial charge in [-0.3, -0.25) is 4.79 Å². The topological polar surface area (TPSA) is 92.6 Å². The van der Waals surface area contributed by atoms with Gasteiger partial charge >= 0.3 is 0 Å². The van der Waals surface area contributed by atoms with Crippen molar-refractivity contribution >= 4 is 23.3 Å². The average Bonchev–Trinajstić information content (AvgIpc) is 3.02. The number of carbonyl (C=O) groups is 1. The molecule has 3 rings (SSSR count). The van der Waals surface area contributed by atoms with Gasteiger partial charge in [0.05, 0.1) is 0 Å².